The van der Waals surface area contributed by atoms with E-state index in [-0.39, 0.29) is 12.3 Å². The number of rotatable bonds is 3. The van der Waals surface area contributed by atoms with Gasteiger partial charge < -0.3 is 5.11 Å². The maximum absolute atomic E-state index is 13.0. The van der Waals surface area contributed by atoms with Gasteiger partial charge in [-0.05, 0) is 11.6 Å². The number of carbonyl (C=O) groups is 1. The SMILES string of the molecule is O=C(O)Cc1ccc(CCl)c(F)c1. The van der Waals surface area contributed by atoms with Gasteiger partial charge in [-0.2, -0.15) is 0 Å². The molecule has 0 aliphatic heterocycles. The van der Waals surface area contributed by atoms with Crippen molar-refractivity contribution in [2.45, 2.75) is 12.3 Å². The standard InChI is InChI=1S/C9H8ClFO2/c10-5-7-2-1-6(3-8(7)11)4-9(12)13/h1-3H,4-5H2,(H,12,13). The Bertz CT molecular complexity index is 325. The molecule has 1 aromatic rings. The predicted octanol–water partition coefficient (Wildman–Crippen LogP) is 2.19. The zero-order valence-electron chi connectivity index (χ0n) is 6.76. The van der Waals surface area contributed by atoms with Crippen molar-refractivity contribution in [3.63, 3.8) is 0 Å². The molecule has 4 heteroatoms. The van der Waals surface area contributed by atoms with Crippen molar-refractivity contribution in [3.8, 4) is 0 Å². The predicted molar refractivity (Wildman–Crippen MR) is 47.3 cm³/mol. The summed E-state index contributed by atoms with van der Waals surface area (Å²) in [6.45, 7) is 0. The van der Waals surface area contributed by atoms with Crippen LogP contribution < -0.4 is 0 Å². The minimum Gasteiger partial charge on any atom is -0.481 e. The van der Waals surface area contributed by atoms with Crippen molar-refractivity contribution in [2.75, 3.05) is 0 Å². The van der Waals surface area contributed by atoms with Crippen molar-refractivity contribution in [1.29, 1.82) is 0 Å². The molecule has 0 fully saturated rings. The second-order valence-corrected chi connectivity index (χ2v) is 2.90. The Balaban J connectivity index is 2.89. The van der Waals surface area contributed by atoms with E-state index in [2.05, 4.69) is 0 Å². The largest absolute Gasteiger partial charge is 0.481 e. The number of carboxylic acids is 1. The molecule has 70 valence electrons. The van der Waals surface area contributed by atoms with E-state index >= 15 is 0 Å². The van der Waals surface area contributed by atoms with Crippen LogP contribution >= 0.6 is 11.6 Å². The summed E-state index contributed by atoms with van der Waals surface area (Å²) in [5.74, 6) is -1.33. The molecule has 13 heavy (non-hydrogen) atoms. The summed E-state index contributed by atoms with van der Waals surface area (Å²) in [5.41, 5.74) is 0.828. The third kappa shape index (κ3) is 2.70. The third-order valence-electron chi connectivity index (χ3n) is 1.62. The minimum absolute atomic E-state index is 0.0964. The van der Waals surface area contributed by atoms with E-state index in [1.165, 1.54) is 12.1 Å². The van der Waals surface area contributed by atoms with Crippen LogP contribution in [0.4, 0.5) is 4.39 Å². The van der Waals surface area contributed by atoms with E-state index < -0.39 is 11.8 Å². The van der Waals surface area contributed by atoms with Gasteiger partial charge in [0.1, 0.15) is 5.82 Å². The molecule has 0 aliphatic rings. The molecule has 0 saturated heterocycles. The Hall–Kier alpha value is -1.09. The molecule has 0 heterocycles. The van der Waals surface area contributed by atoms with Gasteiger partial charge in [-0.3, -0.25) is 4.79 Å². The monoisotopic (exact) mass is 202 g/mol. The van der Waals surface area contributed by atoms with E-state index in [1.54, 1.807) is 6.07 Å². The van der Waals surface area contributed by atoms with E-state index in [9.17, 15) is 9.18 Å². The number of aliphatic carboxylic acids is 1. The molecule has 0 aromatic heterocycles. The Kier molecular flexibility index (Phi) is 3.25. The average Bonchev–Trinajstić information content (AvgIpc) is 2.03. The van der Waals surface area contributed by atoms with Gasteiger partial charge in [0.05, 0.1) is 12.3 Å². The summed E-state index contributed by atoms with van der Waals surface area (Å²) < 4.78 is 13.0. The average molecular weight is 203 g/mol. The Morgan fingerprint density at radius 3 is 2.69 bits per heavy atom. The molecule has 0 aliphatic carbocycles. The number of halogens is 2. The van der Waals surface area contributed by atoms with Crippen LogP contribution in [0.5, 0.6) is 0 Å². The zero-order valence-corrected chi connectivity index (χ0v) is 7.51. The van der Waals surface area contributed by atoms with Crippen LogP contribution in [0.2, 0.25) is 0 Å². The van der Waals surface area contributed by atoms with Gasteiger partial charge in [0.15, 0.2) is 0 Å². The third-order valence-corrected chi connectivity index (χ3v) is 1.90. The van der Waals surface area contributed by atoms with Gasteiger partial charge in [-0.1, -0.05) is 12.1 Å². The highest BCUT2D eigenvalue weighted by Crippen LogP contribution is 2.12. The lowest BCUT2D eigenvalue weighted by Gasteiger charge is -2.00. The number of alkyl halides is 1. The first-order valence-electron chi connectivity index (χ1n) is 3.68. The fourth-order valence-corrected chi connectivity index (χ4v) is 1.20. The fourth-order valence-electron chi connectivity index (χ4n) is 0.984. The maximum Gasteiger partial charge on any atom is 0.307 e. The van der Waals surface area contributed by atoms with Crippen molar-refractivity contribution in [2.24, 2.45) is 0 Å². The van der Waals surface area contributed by atoms with Gasteiger partial charge in [0.2, 0.25) is 0 Å². The van der Waals surface area contributed by atoms with Crippen LogP contribution in [0.3, 0.4) is 0 Å². The lowest BCUT2D eigenvalue weighted by atomic mass is 10.1. The smallest absolute Gasteiger partial charge is 0.307 e. The summed E-state index contributed by atoms with van der Waals surface area (Å²) in [4.78, 5) is 10.3. The van der Waals surface area contributed by atoms with Crippen LogP contribution in [-0.4, -0.2) is 11.1 Å². The Morgan fingerprint density at radius 1 is 1.54 bits per heavy atom. The fraction of sp³-hybridized carbons (Fsp3) is 0.222. The van der Waals surface area contributed by atoms with Gasteiger partial charge in [-0.15, -0.1) is 11.6 Å². The van der Waals surface area contributed by atoms with Crippen LogP contribution in [0, 0.1) is 5.82 Å². The van der Waals surface area contributed by atoms with Crippen LogP contribution in [0.25, 0.3) is 0 Å². The second-order valence-electron chi connectivity index (χ2n) is 2.63. The molecular weight excluding hydrogens is 195 g/mol. The van der Waals surface area contributed by atoms with Gasteiger partial charge in [-0.25, -0.2) is 4.39 Å². The molecule has 1 aromatic carbocycles. The molecule has 0 bridgehead atoms. The maximum atomic E-state index is 13.0. The molecule has 0 unspecified atom stereocenters. The van der Waals surface area contributed by atoms with Crippen molar-refractivity contribution < 1.29 is 14.3 Å². The lowest BCUT2D eigenvalue weighted by molar-refractivity contribution is -0.136. The zero-order chi connectivity index (χ0) is 9.84. The van der Waals surface area contributed by atoms with Gasteiger partial charge in [0.25, 0.3) is 0 Å². The molecule has 1 rings (SSSR count). The van der Waals surface area contributed by atoms with Crippen molar-refractivity contribution in [3.05, 3.63) is 35.1 Å². The van der Waals surface area contributed by atoms with E-state index in [0.717, 1.165) is 0 Å². The van der Waals surface area contributed by atoms with Crippen molar-refractivity contribution >= 4 is 17.6 Å². The highest BCUT2D eigenvalue weighted by atomic mass is 35.5. The molecule has 0 atom stereocenters. The molecule has 0 spiro atoms. The normalized spacial score (nSPS) is 10.0. The van der Waals surface area contributed by atoms with Gasteiger partial charge >= 0.3 is 5.97 Å². The molecular formula is C9H8ClFO2. The molecule has 1 N–H and O–H groups in total. The number of hydrogen-bond acceptors (Lipinski definition) is 1. The first-order valence-corrected chi connectivity index (χ1v) is 4.22. The van der Waals surface area contributed by atoms with E-state index in [0.29, 0.717) is 11.1 Å². The highest BCUT2D eigenvalue weighted by molar-refractivity contribution is 6.17. The number of carboxylic acid groups (broad SMARTS) is 1. The van der Waals surface area contributed by atoms with Crippen LogP contribution in [0.15, 0.2) is 18.2 Å². The van der Waals surface area contributed by atoms with Crippen molar-refractivity contribution in [1.82, 2.24) is 0 Å². The summed E-state index contributed by atoms with van der Waals surface area (Å²) >= 11 is 5.43. The molecule has 0 radical (unpaired) electrons. The lowest BCUT2D eigenvalue weighted by Crippen LogP contribution is -2.01. The first-order chi connectivity index (χ1) is 6.13. The summed E-state index contributed by atoms with van der Waals surface area (Å²) in [6, 6.07) is 4.27. The summed E-state index contributed by atoms with van der Waals surface area (Å²) in [7, 11) is 0. The minimum atomic E-state index is -0.974. The molecule has 0 amide bonds. The quantitative estimate of drug-likeness (QED) is 0.763. The topological polar surface area (TPSA) is 37.3 Å². The van der Waals surface area contributed by atoms with Crippen LogP contribution in [0.1, 0.15) is 11.1 Å². The Morgan fingerprint density at radius 2 is 2.23 bits per heavy atom. The second kappa shape index (κ2) is 4.23. The van der Waals surface area contributed by atoms with E-state index in [1.807, 2.05) is 0 Å². The Labute approximate surface area is 80.0 Å². The molecule has 0 saturated carbocycles. The number of benzene rings is 1. The summed E-state index contributed by atoms with van der Waals surface area (Å²) in [5, 5.41) is 8.44. The van der Waals surface area contributed by atoms with Crippen LogP contribution in [-0.2, 0) is 17.1 Å². The van der Waals surface area contributed by atoms with Gasteiger partial charge in [0, 0.05) is 5.56 Å². The van der Waals surface area contributed by atoms with E-state index in [4.69, 9.17) is 16.7 Å². The molecule has 2 nitrogen and oxygen atoms in total. The number of hydrogen-bond donors (Lipinski definition) is 1. The summed E-state index contributed by atoms with van der Waals surface area (Å²) in [6.07, 6.45) is -0.167. The highest BCUT2D eigenvalue weighted by Gasteiger charge is 2.04. The first kappa shape index (κ1) is 9.99.